The van der Waals surface area contributed by atoms with E-state index in [4.69, 9.17) is 9.47 Å². The lowest BCUT2D eigenvalue weighted by Gasteiger charge is -2.12. The van der Waals surface area contributed by atoms with Crippen LogP contribution in [0.4, 0.5) is 0 Å². The molecule has 1 unspecified atom stereocenters. The molecule has 0 heterocycles. The molecule has 0 bridgehead atoms. The van der Waals surface area contributed by atoms with E-state index < -0.39 is 0 Å². The zero-order valence-corrected chi connectivity index (χ0v) is 9.85. The van der Waals surface area contributed by atoms with Crippen molar-refractivity contribution < 1.29 is 9.47 Å². The standard InChI is InChI=1S/C7H18O2SSi/c1-6(10)4-5-11-7(8-2)9-3/h6-7,10H,4-5,11H2,1-3H3. The van der Waals surface area contributed by atoms with Crippen LogP contribution in [0.3, 0.4) is 0 Å². The van der Waals surface area contributed by atoms with E-state index in [-0.39, 0.29) is 15.4 Å². The van der Waals surface area contributed by atoms with Crippen molar-refractivity contribution in [3.05, 3.63) is 0 Å². The van der Waals surface area contributed by atoms with Crippen molar-refractivity contribution in [2.75, 3.05) is 14.2 Å². The molecular weight excluding hydrogens is 176 g/mol. The fourth-order valence-corrected chi connectivity index (χ4v) is 3.09. The Bertz CT molecular complexity index is 86.5. The van der Waals surface area contributed by atoms with Gasteiger partial charge in [0.15, 0.2) is 0 Å². The molecule has 0 rings (SSSR count). The second kappa shape index (κ2) is 7.15. The molecule has 4 heteroatoms. The van der Waals surface area contributed by atoms with Gasteiger partial charge in [0.05, 0.1) is 9.52 Å². The molecule has 11 heavy (non-hydrogen) atoms. The van der Waals surface area contributed by atoms with Gasteiger partial charge in [-0.05, 0) is 11.7 Å². The molecule has 68 valence electrons. The topological polar surface area (TPSA) is 18.5 Å². The van der Waals surface area contributed by atoms with Crippen LogP contribution in [0.5, 0.6) is 0 Å². The summed E-state index contributed by atoms with van der Waals surface area (Å²) in [4.78, 5) is 0. The van der Waals surface area contributed by atoms with E-state index in [0.717, 1.165) is 0 Å². The highest BCUT2D eigenvalue weighted by atomic mass is 32.1. The third-order valence-electron chi connectivity index (χ3n) is 1.59. The highest BCUT2D eigenvalue weighted by molar-refractivity contribution is 7.80. The minimum atomic E-state index is -0.211. The molecule has 0 saturated heterocycles. The van der Waals surface area contributed by atoms with Gasteiger partial charge in [-0.15, -0.1) is 0 Å². The fourth-order valence-electron chi connectivity index (χ4n) is 0.912. The van der Waals surface area contributed by atoms with Crippen LogP contribution in [0, 0.1) is 0 Å². The molecule has 0 saturated carbocycles. The molecule has 0 aliphatic rings. The zero-order chi connectivity index (χ0) is 8.69. The third kappa shape index (κ3) is 6.87. The van der Waals surface area contributed by atoms with Gasteiger partial charge in [0.1, 0.15) is 5.91 Å². The molecule has 0 aromatic rings. The van der Waals surface area contributed by atoms with Crippen molar-refractivity contribution in [3.63, 3.8) is 0 Å². The van der Waals surface area contributed by atoms with Gasteiger partial charge in [0.25, 0.3) is 0 Å². The Balaban J connectivity index is 3.21. The summed E-state index contributed by atoms with van der Waals surface area (Å²) in [5.41, 5.74) is 0. The van der Waals surface area contributed by atoms with Crippen LogP contribution < -0.4 is 0 Å². The smallest absolute Gasteiger partial charge is 0.134 e. The lowest BCUT2D eigenvalue weighted by atomic mass is 10.4. The second-order valence-corrected chi connectivity index (χ2v) is 5.51. The Morgan fingerprint density at radius 2 is 1.91 bits per heavy atom. The van der Waals surface area contributed by atoms with Gasteiger partial charge in [-0.25, -0.2) is 0 Å². The number of ether oxygens (including phenoxy) is 2. The van der Waals surface area contributed by atoms with Gasteiger partial charge in [-0.3, -0.25) is 0 Å². The van der Waals surface area contributed by atoms with Crippen LogP contribution in [0.25, 0.3) is 0 Å². The average Bonchev–Trinajstić information content (AvgIpc) is 1.98. The monoisotopic (exact) mass is 194 g/mol. The van der Waals surface area contributed by atoms with Gasteiger partial charge in [-0.1, -0.05) is 13.0 Å². The maximum Gasteiger partial charge on any atom is 0.134 e. The summed E-state index contributed by atoms with van der Waals surface area (Å²) in [6.07, 6.45) is 1.18. The average molecular weight is 194 g/mol. The number of hydrogen-bond acceptors (Lipinski definition) is 3. The molecule has 0 fully saturated rings. The van der Waals surface area contributed by atoms with E-state index in [1.807, 2.05) is 0 Å². The fraction of sp³-hybridized carbons (Fsp3) is 1.00. The van der Waals surface area contributed by atoms with Crippen molar-refractivity contribution in [1.82, 2.24) is 0 Å². The quantitative estimate of drug-likeness (QED) is 0.384. The van der Waals surface area contributed by atoms with E-state index in [0.29, 0.717) is 5.25 Å². The van der Waals surface area contributed by atoms with E-state index in [1.165, 1.54) is 12.5 Å². The zero-order valence-electron chi connectivity index (χ0n) is 7.54. The summed E-state index contributed by atoms with van der Waals surface area (Å²) in [6.45, 7) is 2.12. The van der Waals surface area contributed by atoms with Gasteiger partial charge >= 0.3 is 0 Å². The van der Waals surface area contributed by atoms with Gasteiger partial charge < -0.3 is 9.47 Å². The Morgan fingerprint density at radius 3 is 2.27 bits per heavy atom. The maximum atomic E-state index is 5.10. The van der Waals surface area contributed by atoms with E-state index in [9.17, 15) is 0 Å². The maximum absolute atomic E-state index is 5.10. The molecule has 0 aliphatic carbocycles. The lowest BCUT2D eigenvalue weighted by molar-refractivity contribution is -0.0441. The third-order valence-corrected chi connectivity index (χ3v) is 3.80. The Hall–Kier alpha value is 0.487. The summed E-state index contributed by atoms with van der Waals surface area (Å²) < 4.78 is 10.2. The Labute approximate surface area is 76.9 Å². The van der Waals surface area contributed by atoms with Gasteiger partial charge in [0, 0.05) is 14.2 Å². The highest BCUT2D eigenvalue weighted by Gasteiger charge is 2.05. The predicted molar refractivity (Wildman–Crippen MR) is 54.2 cm³/mol. The van der Waals surface area contributed by atoms with E-state index in [2.05, 4.69) is 19.6 Å². The largest absolute Gasteiger partial charge is 0.360 e. The summed E-state index contributed by atoms with van der Waals surface area (Å²) in [5, 5.41) is 0.511. The summed E-state index contributed by atoms with van der Waals surface area (Å²) in [5.74, 6) is 0.0992. The molecule has 0 radical (unpaired) electrons. The molecule has 0 aromatic carbocycles. The van der Waals surface area contributed by atoms with Crippen LogP contribution in [0.1, 0.15) is 13.3 Å². The first-order valence-electron chi connectivity index (χ1n) is 3.94. The minimum Gasteiger partial charge on any atom is -0.360 e. The minimum absolute atomic E-state index is 0.0992. The molecule has 0 spiro atoms. The molecule has 0 aliphatic heterocycles. The Kier molecular flexibility index (Phi) is 7.47. The number of hydrogen-bond donors (Lipinski definition) is 1. The van der Waals surface area contributed by atoms with Crippen LogP contribution >= 0.6 is 12.6 Å². The number of methoxy groups -OCH3 is 2. The normalized spacial score (nSPS) is 15.0. The summed E-state index contributed by atoms with van der Waals surface area (Å²) >= 11 is 4.30. The van der Waals surface area contributed by atoms with Crippen LogP contribution in [-0.2, 0) is 9.47 Å². The first-order chi connectivity index (χ1) is 5.20. The van der Waals surface area contributed by atoms with Crippen LogP contribution in [0.2, 0.25) is 6.04 Å². The van der Waals surface area contributed by atoms with Gasteiger partial charge in [0.2, 0.25) is 0 Å². The molecule has 0 amide bonds. The molecule has 0 N–H and O–H groups in total. The number of rotatable bonds is 6. The van der Waals surface area contributed by atoms with Crippen molar-refractivity contribution in [1.29, 1.82) is 0 Å². The van der Waals surface area contributed by atoms with E-state index in [1.54, 1.807) is 14.2 Å². The predicted octanol–water partition coefficient (Wildman–Crippen LogP) is 0.858. The summed E-state index contributed by atoms with van der Waals surface area (Å²) in [6, 6.07) is 1.25. The van der Waals surface area contributed by atoms with Crippen LogP contribution in [-0.4, -0.2) is 34.9 Å². The Morgan fingerprint density at radius 1 is 1.36 bits per heavy atom. The molecule has 2 nitrogen and oxygen atoms in total. The summed E-state index contributed by atoms with van der Waals surface area (Å²) in [7, 11) is 3.19. The molecule has 0 aromatic heterocycles. The number of thiol groups is 1. The van der Waals surface area contributed by atoms with Crippen molar-refractivity contribution in [2.45, 2.75) is 30.6 Å². The van der Waals surface area contributed by atoms with Gasteiger partial charge in [-0.2, -0.15) is 12.6 Å². The van der Waals surface area contributed by atoms with Crippen molar-refractivity contribution >= 4 is 22.1 Å². The highest BCUT2D eigenvalue weighted by Crippen LogP contribution is 2.04. The first kappa shape index (κ1) is 11.5. The molecule has 1 atom stereocenters. The molecular formula is C7H18O2SSi. The van der Waals surface area contributed by atoms with E-state index >= 15 is 0 Å². The van der Waals surface area contributed by atoms with Crippen LogP contribution in [0.15, 0.2) is 0 Å². The van der Waals surface area contributed by atoms with Crippen molar-refractivity contribution in [2.24, 2.45) is 0 Å². The first-order valence-corrected chi connectivity index (χ1v) is 6.27. The SMILES string of the molecule is COC(OC)[SiH2]CCC(C)S. The van der Waals surface area contributed by atoms with Crippen molar-refractivity contribution in [3.8, 4) is 0 Å². The lowest BCUT2D eigenvalue weighted by Crippen LogP contribution is -2.21. The second-order valence-electron chi connectivity index (χ2n) is 2.68.